The maximum Gasteiger partial charge on any atom is 0.344 e. The van der Waals surface area contributed by atoms with Gasteiger partial charge in [0.1, 0.15) is 11.6 Å². The van der Waals surface area contributed by atoms with Gasteiger partial charge in [0.2, 0.25) is 0 Å². The van der Waals surface area contributed by atoms with Gasteiger partial charge >= 0.3 is 5.97 Å². The van der Waals surface area contributed by atoms with E-state index in [-0.39, 0.29) is 5.75 Å². The Morgan fingerprint density at radius 3 is 2.86 bits per heavy atom. The van der Waals surface area contributed by atoms with E-state index in [0.29, 0.717) is 4.47 Å². The third kappa shape index (κ3) is 2.70. The van der Waals surface area contributed by atoms with Crippen molar-refractivity contribution in [2.24, 2.45) is 0 Å². The Kier molecular flexibility index (Phi) is 3.46. The molecule has 3 nitrogen and oxygen atoms in total. The predicted octanol–water partition coefficient (Wildman–Crippen LogP) is 2.44. The van der Waals surface area contributed by atoms with Crippen LogP contribution in [-0.2, 0) is 4.79 Å². The number of benzene rings is 1. The molecular weight excluding hydrogens is 255 g/mol. The zero-order chi connectivity index (χ0) is 10.7. The quantitative estimate of drug-likeness (QED) is 0.910. The van der Waals surface area contributed by atoms with Gasteiger partial charge in [-0.05, 0) is 35.0 Å². The van der Waals surface area contributed by atoms with E-state index in [4.69, 9.17) is 9.84 Å². The van der Waals surface area contributed by atoms with Gasteiger partial charge in [0, 0.05) is 6.07 Å². The average molecular weight is 263 g/mol. The molecule has 0 amide bonds. The lowest BCUT2D eigenvalue weighted by atomic mass is 10.3. The van der Waals surface area contributed by atoms with Crippen molar-refractivity contribution < 1.29 is 19.0 Å². The minimum Gasteiger partial charge on any atom is -0.479 e. The summed E-state index contributed by atoms with van der Waals surface area (Å²) >= 11 is 3.12. The molecule has 1 atom stereocenters. The molecule has 0 saturated carbocycles. The molecule has 0 spiro atoms. The van der Waals surface area contributed by atoms with E-state index in [1.54, 1.807) is 0 Å². The minimum absolute atomic E-state index is 0.180. The van der Waals surface area contributed by atoms with Crippen LogP contribution in [-0.4, -0.2) is 17.2 Å². The summed E-state index contributed by atoms with van der Waals surface area (Å²) in [6, 6.07) is 3.84. The molecule has 0 radical (unpaired) electrons. The van der Waals surface area contributed by atoms with E-state index in [0.717, 1.165) is 6.07 Å². The van der Waals surface area contributed by atoms with Crippen LogP contribution in [0.1, 0.15) is 6.92 Å². The van der Waals surface area contributed by atoms with Crippen LogP contribution in [0.15, 0.2) is 22.7 Å². The molecule has 0 unspecified atom stereocenters. The molecule has 0 fully saturated rings. The molecule has 1 rings (SSSR count). The lowest BCUT2D eigenvalue weighted by Crippen LogP contribution is -2.23. The number of carbonyl (C=O) groups is 1. The van der Waals surface area contributed by atoms with E-state index in [1.807, 2.05) is 0 Å². The second-order valence-corrected chi connectivity index (χ2v) is 3.53. The molecule has 1 aromatic carbocycles. The number of hydrogen-bond acceptors (Lipinski definition) is 2. The zero-order valence-electron chi connectivity index (χ0n) is 7.33. The SMILES string of the molecule is C[C@@H](Oc1cc(F)ccc1Br)C(=O)O. The molecular formula is C9H8BrFO3. The largest absolute Gasteiger partial charge is 0.479 e. The summed E-state index contributed by atoms with van der Waals surface area (Å²) in [5.74, 6) is -1.39. The fraction of sp³-hybridized carbons (Fsp3) is 0.222. The van der Waals surface area contributed by atoms with Crippen LogP contribution < -0.4 is 4.74 Å². The highest BCUT2D eigenvalue weighted by atomic mass is 79.9. The second kappa shape index (κ2) is 4.41. The maximum atomic E-state index is 12.8. The first-order chi connectivity index (χ1) is 6.50. The molecule has 0 heterocycles. The molecule has 0 aliphatic carbocycles. The third-order valence-corrected chi connectivity index (χ3v) is 2.20. The summed E-state index contributed by atoms with van der Waals surface area (Å²) in [5, 5.41) is 8.57. The number of rotatable bonds is 3. The molecule has 1 aromatic rings. The third-order valence-electron chi connectivity index (χ3n) is 1.54. The molecule has 76 valence electrons. The lowest BCUT2D eigenvalue weighted by Gasteiger charge is -2.11. The maximum absolute atomic E-state index is 12.8. The first-order valence-electron chi connectivity index (χ1n) is 3.85. The van der Waals surface area contributed by atoms with Crippen molar-refractivity contribution in [3.63, 3.8) is 0 Å². The number of carboxylic acid groups (broad SMARTS) is 1. The van der Waals surface area contributed by atoms with Crippen molar-refractivity contribution in [2.45, 2.75) is 13.0 Å². The van der Waals surface area contributed by atoms with Gasteiger partial charge in [-0.3, -0.25) is 0 Å². The van der Waals surface area contributed by atoms with Crippen LogP contribution in [0.3, 0.4) is 0 Å². The summed E-state index contributed by atoms with van der Waals surface area (Å²) in [6.07, 6.45) is -1.01. The lowest BCUT2D eigenvalue weighted by molar-refractivity contribution is -0.144. The number of halogens is 2. The van der Waals surface area contributed by atoms with E-state index in [2.05, 4.69) is 15.9 Å². The highest BCUT2D eigenvalue weighted by Gasteiger charge is 2.14. The summed E-state index contributed by atoms with van der Waals surface area (Å²) < 4.78 is 18.3. The molecule has 1 N–H and O–H groups in total. The number of ether oxygens (including phenoxy) is 1. The van der Waals surface area contributed by atoms with Gasteiger partial charge < -0.3 is 9.84 Å². The van der Waals surface area contributed by atoms with Gasteiger partial charge in [-0.2, -0.15) is 0 Å². The first-order valence-corrected chi connectivity index (χ1v) is 4.64. The molecule has 0 saturated heterocycles. The Hall–Kier alpha value is -1.10. The monoisotopic (exact) mass is 262 g/mol. The van der Waals surface area contributed by atoms with Crippen LogP contribution in [0, 0.1) is 5.82 Å². The smallest absolute Gasteiger partial charge is 0.344 e. The number of carboxylic acids is 1. The fourth-order valence-corrected chi connectivity index (χ4v) is 1.15. The van der Waals surface area contributed by atoms with Crippen LogP contribution >= 0.6 is 15.9 Å². The number of hydrogen-bond donors (Lipinski definition) is 1. The fourth-order valence-electron chi connectivity index (χ4n) is 0.808. The van der Waals surface area contributed by atoms with Crippen molar-refractivity contribution >= 4 is 21.9 Å². The molecule has 0 aliphatic rings. The summed E-state index contributed by atoms with van der Waals surface area (Å²) in [7, 11) is 0. The summed E-state index contributed by atoms with van der Waals surface area (Å²) in [4.78, 5) is 10.5. The number of aliphatic carboxylic acids is 1. The summed E-state index contributed by atoms with van der Waals surface area (Å²) in [5.41, 5.74) is 0. The Labute approximate surface area is 88.6 Å². The van der Waals surface area contributed by atoms with Crippen LogP contribution in [0.2, 0.25) is 0 Å². The Balaban J connectivity index is 2.85. The standard InChI is InChI=1S/C9H8BrFO3/c1-5(9(12)13)14-8-4-6(11)2-3-7(8)10/h2-5H,1H3,(H,12,13)/t5-/m1/s1. The average Bonchev–Trinajstić information content (AvgIpc) is 2.11. The van der Waals surface area contributed by atoms with Crippen molar-refractivity contribution in [1.29, 1.82) is 0 Å². The highest BCUT2D eigenvalue weighted by molar-refractivity contribution is 9.10. The van der Waals surface area contributed by atoms with Crippen LogP contribution in [0.4, 0.5) is 4.39 Å². The highest BCUT2D eigenvalue weighted by Crippen LogP contribution is 2.26. The minimum atomic E-state index is -1.10. The Morgan fingerprint density at radius 1 is 1.64 bits per heavy atom. The Morgan fingerprint density at radius 2 is 2.29 bits per heavy atom. The van der Waals surface area contributed by atoms with Crippen molar-refractivity contribution in [3.05, 3.63) is 28.5 Å². The van der Waals surface area contributed by atoms with Gasteiger partial charge in [-0.1, -0.05) is 0 Å². The van der Waals surface area contributed by atoms with Gasteiger partial charge in [0.05, 0.1) is 4.47 Å². The van der Waals surface area contributed by atoms with Gasteiger partial charge in [0.25, 0.3) is 0 Å². The Bertz CT molecular complexity index is 354. The van der Waals surface area contributed by atoms with E-state index < -0.39 is 17.9 Å². The van der Waals surface area contributed by atoms with Crippen LogP contribution in [0.5, 0.6) is 5.75 Å². The molecule has 0 aromatic heterocycles. The molecule has 5 heteroatoms. The van der Waals surface area contributed by atoms with Gasteiger partial charge in [-0.25, -0.2) is 9.18 Å². The van der Waals surface area contributed by atoms with Gasteiger partial charge in [0.15, 0.2) is 6.10 Å². The van der Waals surface area contributed by atoms with Crippen molar-refractivity contribution in [3.8, 4) is 5.75 Å². The van der Waals surface area contributed by atoms with Crippen molar-refractivity contribution in [1.82, 2.24) is 0 Å². The zero-order valence-corrected chi connectivity index (χ0v) is 8.92. The summed E-state index contributed by atoms with van der Waals surface area (Å²) in [6.45, 7) is 1.37. The van der Waals surface area contributed by atoms with Crippen LogP contribution in [0.25, 0.3) is 0 Å². The topological polar surface area (TPSA) is 46.5 Å². The van der Waals surface area contributed by atoms with Crippen molar-refractivity contribution in [2.75, 3.05) is 0 Å². The van der Waals surface area contributed by atoms with E-state index >= 15 is 0 Å². The molecule has 0 bridgehead atoms. The predicted molar refractivity (Wildman–Crippen MR) is 51.8 cm³/mol. The van der Waals surface area contributed by atoms with Gasteiger partial charge in [-0.15, -0.1) is 0 Å². The second-order valence-electron chi connectivity index (χ2n) is 2.67. The van der Waals surface area contributed by atoms with E-state index in [1.165, 1.54) is 19.1 Å². The first kappa shape index (κ1) is 11.0. The molecule has 14 heavy (non-hydrogen) atoms. The van der Waals surface area contributed by atoms with E-state index in [9.17, 15) is 9.18 Å². The normalized spacial score (nSPS) is 12.2. The molecule has 0 aliphatic heterocycles.